The molecular weight excluding hydrogens is 347 g/mol. The first kappa shape index (κ1) is 16.8. The smallest absolute Gasteiger partial charge is 0.339 e. The van der Waals surface area contributed by atoms with Crippen molar-refractivity contribution in [3.05, 3.63) is 62.7 Å². The maximum atomic E-state index is 12.1. The van der Waals surface area contributed by atoms with Crippen molar-refractivity contribution in [2.24, 2.45) is 0 Å². The van der Waals surface area contributed by atoms with Gasteiger partial charge in [0.1, 0.15) is 10.2 Å². The quantitative estimate of drug-likeness (QED) is 0.345. The van der Waals surface area contributed by atoms with Gasteiger partial charge in [-0.15, -0.1) is 0 Å². The molecule has 0 aliphatic rings. The highest BCUT2D eigenvalue weighted by Gasteiger charge is 2.30. The van der Waals surface area contributed by atoms with E-state index in [0.29, 0.717) is 0 Å². The highest BCUT2D eigenvalue weighted by Crippen LogP contribution is 2.32. The van der Waals surface area contributed by atoms with Crippen LogP contribution in [0.5, 0.6) is 5.75 Å². The van der Waals surface area contributed by atoms with Crippen LogP contribution in [0.1, 0.15) is 0 Å². The van der Waals surface area contributed by atoms with Gasteiger partial charge in [0.15, 0.2) is 0 Å². The molecule has 0 aliphatic heterocycles. The van der Waals surface area contributed by atoms with Crippen molar-refractivity contribution >= 4 is 36.0 Å². The van der Waals surface area contributed by atoms with Crippen LogP contribution >= 0.6 is 9.24 Å². The highest BCUT2D eigenvalue weighted by molar-refractivity contribution is 7.87. The van der Waals surface area contributed by atoms with Crippen molar-refractivity contribution in [3.8, 4) is 5.75 Å². The average Bonchev–Trinajstić information content (AvgIpc) is 2.47. The highest BCUT2D eigenvalue weighted by atomic mass is 32.2. The Labute approximate surface area is 132 Å². The van der Waals surface area contributed by atoms with Crippen LogP contribution in [0.4, 0.5) is 11.4 Å². The van der Waals surface area contributed by atoms with E-state index in [1.165, 1.54) is 24.3 Å². The molecule has 2 rings (SSSR count). The fraction of sp³-hybridized carbons (Fsp3) is 0. The van der Waals surface area contributed by atoms with Crippen LogP contribution in [0.25, 0.3) is 0 Å². The van der Waals surface area contributed by atoms with Crippen LogP contribution in [0.2, 0.25) is 0 Å². The molecule has 9 nitrogen and oxygen atoms in total. The molecule has 23 heavy (non-hydrogen) atoms. The lowest BCUT2D eigenvalue weighted by atomic mass is 10.2. The Hall–Kier alpha value is -2.58. The summed E-state index contributed by atoms with van der Waals surface area (Å²) in [6.45, 7) is 0. The Balaban J connectivity index is 2.55. The van der Waals surface area contributed by atoms with Gasteiger partial charge in [-0.3, -0.25) is 20.2 Å². The van der Waals surface area contributed by atoms with E-state index in [-0.39, 0.29) is 10.2 Å². The third kappa shape index (κ3) is 3.43. The van der Waals surface area contributed by atoms with Gasteiger partial charge in [0.25, 0.3) is 5.69 Å². The zero-order chi connectivity index (χ0) is 17.2. The Morgan fingerprint density at radius 1 is 0.957 bits per heavy atom. The third-order valence-corrected chi connectivity index (χ3v) is 4.59. The molecule has 0 saturated heterocycles. The molecule has 1 unspecified atom stereocenters. The minimum absolute atomic E-state index is 0.196. The molecule has 0 fully saturated rings. The van der Waals surface area contributed by atoms with E-state index in [0.717, 1.165) is 12.1 Å². The standard InChI is InChI=1S/C12H9N2O7PS/c15-13(16)9-6-7-10(11(12(9)22)14(17)18)21-23(19,20)8-4-2-1-3-5-8/h1-7H,22H2. The van der Waals surface area contributed by atoms with E-state index in [4.69, 9.17) is 4.18 Å². The molecule has 120 valence electrons. The van der Waals surface area contributed by atoms with Crippen LogP contribution in [0, 0.1) is 20.2 Å². The van der Waals surface area contributed by atoms with Gasteiger partial charge >= 0.3 is 15.8 Å². The number of nitro benzene ring substituents is 2. The molecule has 0 aromatic heterocycles. The van der Waals surface area contributed by atoms with E-state index < -0.39 is 37.1 Å². The zero-order valence-corrected chi connectivity index (χ0v) is 13.3. The molecular formula is C12H9N2O7PS. The lowest BCUT2D eigenvalue weighted by Gasteiger charge is -2.08. The lowest BCUT2D eigenvalue weighted by molar-refractivity contribution is -0.392. The summed E-state index contributed by atoms with van der Waals surface area (Å²) in [6.07, 6.45) is 0. The molecule has 0 radical (unpaired) electrons. The van der Waals surface area contributed by atoms with Gasteiger partial charge in [-0.2, -0.15) is 8.42 Å². The van der Waals surface area contributed by atoms with Crippen LogP contribution in [-0.2, 0) is 10.1 Å². The Kier molecular flexibility index (Phi) is 4.57. The normalized spacial score (nSPS) is 11.0. The second kappa shape index (κ2) is 6.27. The van der Waals surface area contributed by atoms with E-state index in [2.05, 4.69) is 0 Å². The first-order valence-electron chi connectivity index (χ1n) is 5.95. The Morgan fingerprint density at radius 3 is 2.09 bits per heavy atom. The van der Waals surface area contributed by atoms with Crippen molar-refractivity contribution < 1.29 is 22.4 Å². The van der Waals surface area contributed by atoms with Gasteiger partial charge in [-0.05, 0) is 18.2 Å². The van der Waals surface area contributed by atoms with E-state index in [1.54, 1.807) is 6.07 Å². The minimum Gasteiger partial charge on any atom is -0.372 e. The summed E-state index contributed by atoms with van der Waals surface area (Å²) in [5, 5.41) is 21.6. The summed E-state index contributed by atoms with van der Waals surface area (Å²) >= 11 is 0. The largest absolute Gasteiger partial charge is 0.372 e. The Morgan fingerprint density at radius 2 is 1.57 bits per heavy atom. The maximum Gasteiger partial charge on any atom is 0.339 e. The summed E-state index contributed by atoms with van der Waals surface area (Å²) in [5.74, 6) is -0.602. The summed E-state index contributed by atoms with van der Waals surface area (Å²) in [5.41, 5.74) is -1.34. The summed E-state index contributed by atoms with van der Waals surface area (Å²) in [4.78, 5) is 20.0. The third-order valence-electron chi connectivity index (χ3n) is 2.77. The second-order valence-corrected chi connectivity index (χ2v) is 6.33. The second-order valence-electron chi connectivity index (χ2n) is 4.21. The first-order valence-corrected chi connectivity index (χ1v) is 7.93. The number of nitro groups is 2. The Bertz CT molecular complexity index is 884. The maximum absolute atomic E-state index is 12.1. The van der Waals surface area contributed by atoms with Crippen molar-refractivity contribution in [1.82, 2.24) is 0 Å². The fourth-order valence-electron chi connectivity index (χ4n) is 1.75. The van der Waals surface area contributed by atoms with Crippen molar-refractivity contribution in [1.29, 1.82) is 0 Å². The molecule has 0 spiro atoms. The summed E-state index contributed by atoms with van der Waals surface area (Å²) in [7, 11) is -2.45. The van der Waals surface area contributed by atoms with Crippen LogP contribution in [-0.4, -0.2) is 18.3 Å². The van der Waals surface area contributed by atoms with Gasteiger partial charge < -0.3 is 4.18 Å². The number of nitrogens with zero attached hydrogens (tertiary/aromatic N) is 2. The van der Waals surface area contributed by atoms with Gasteiger partial charge in [-0.25, -0.2) is 0 Å². The van der Waals surface area contributed by atoms with Crippen LogP contribution in [0.3, 0.4) is 0 Å². The number of hydrogen-bond donors (Lipinski definition) is 0. The van der Waals surface area contributed by atoms with Gasteiger partial charge in [0.05, 0.1) is 9.85 Å². The predicted octanol–water partition coefficient (Wildman–Crippen LogP) is 1.77. The summed E-state index contributed by atoms with van der Waals surface area (Å²) in [6, 6.07) is 8.84. The van der Waals surface area contributed by atoms with Crippen molar-refractivity contribution in [2.45, 2.75) is 4.90 Å². The van der Waals surface area contributed by atoms with Crippen LogP contribution < -0.4 is 9.49 Å². The first-order chi connectivity index (χ1) is 10.7. The molecule has 0 heterocycles. The zero-order valence-electron chi connectivity index (χ0n) is 11.3. The molecule has 0 saturated carbocycles. The minimum atomic E-state index is -4.30. The molecule has 2 aromatic rings. The van der Waals surface area contributed by atoms with E-state index in [9.17, 15) is 28.6 Å². The predicted molar refractivity (Wildman–Crippen MR) is 83.4 cm³/mol. The van der Waals surface area contributed by atoms with Gasteiger partial charge in [0.2, 0.25) is 5.75 Å². The van der Waals surface area contributed by atoms with Crippen molar-refractivity contribution in [2.75, 3.05) is 0 Å². The number of hydrogen-bond acceptors (Lipinski definition) is 7. The van der Waals surface area contributed by atoms with Crippen molar-refractivity contribution in [3.63, 3.8) is 0 Å². The monoisotopic (exact) mass is 356 g/mol. The molecule has 1 atom stereocenters. The molecule has 0 aliphatic carbocycles. The molecule has 2 aromatic carbocycles. The molecule has 0 bridgehead atoms. The SMILES string of the molecule is O=[N+]([O-])c1ccc(OS(=O)(=O)c2ccccc2)c([N+](=O)[O-])c1P. The summed E-state index contributed by atoms with van der Waals surface area (Å²) < 4.78 is 29.0. The fourth-order valence-corrected chi connectivity index (χ4v) is 3.15. The average molecular weight is 356 g/mol. The molecule has 11 heteroatoms. The van der Waals surface area contributed by atoms with E-state index in [1.807, 2.05) is 9.24 Å². The number of rotatable bonds is 5. The van der Waals surface area contributed by atoms with E-state index >= 15 is 0 Å². The van der Waals surface area contributed by atoms with Gasteiger partial charge in [0, 0.05) is 6.07 Å². The lowest BCUT2D eigenvalue weighted by Crippen LogP contribution is -2.14. The van der Waals surface area contributed by atoms with Crippen LogP contribution in [0.15, 0.2) is 47.4 Å². The van der Waals surface area contributed by atoms with Gasteiger partial charge in [-0.1, -0.05) is 27.4 Å². The molecule has 0 N–H and O–H groups in total. The topological polar surface area (TPSA) is 130 Å². The number of benzene rings is 2. The molecule has 0 amide bonds.